The molecule has 96 valence electrons. The highest BCUT2D eigenvalue weighted by Gasteiger charge is 2.21. The maximum absolute atomic E-state index is 11.8. The number of carbonyl (C=O) groups is 2. The summed E-state index contributed by atoms with van der Waals surface area (Å²) in [7, 11) is 0. The average molecular weight is 247 g/mol. The van der Waals surface area contributed by atoms with E-state index in [9.17, 15) is 9.59 Å². The molecule has 0 unspecified atom stereocenters. The van der Waals surface area contributed by atoms with E-state index in [1.165, 1.54) is 0 Å². The first-order chi connectivity index (χ1) is 8.65. The third kappa shape index (κ3) is 3.30. The van der Waals surface area contributed by atoms with Crippen LogP contribution in [0.2, 0.25) is 0 Å². The van der Waals surface area contributed by atoms with Crippen molar-refractivity contribution in [1.29, 1.82) is 0 Å². The largest absolute Gasteiger partial charge is 0.369 e. The second-order valence-corrected chi connectivity index (χ2v) is 4.48. The second-order valence-electron chi connectivity index (χ2n) is 4.48. The topological polar surface area (TPSA) is 84.2 Å². The van der Waals surface area contributed by atoms with E-state index in [1.54, 1.807) is 24.3 Å². The van der Waals surface area contributed by atoms with Gasteiger partial charge in [0.25, 0.3) is 0 Å². The smallest absolute Gasteiger partial charge is 0.241 e. The number of nitrogens with two attached hydrogens (primary N) is 1. The SMILES string of the molecule is NC(=O)Cc1ccc(NC(=O)[C@H]2CCCN2)cc1. The van der Waals surface area contributed by atoms with Crippen LogP contribution in [0.1, 0.15) is 18.4 Å². The van der Waals surface area contributed by atoms with Gasteiger partial charge < -0.3 is 16.4 Å². The number of benzene rings is 1. The summed E-state index contributed by atoms with van der Waals surface area (Å²) in [5, 5.41) is 5.99. The van der Waals surface area contributed by atoms with Gasteiger partial charge in [-0.15, -0.1) is 0 Å². The summed E-state index contributed by atoms with van der Waals surface area (Å²) in [6.45, 7) is 0.898. The summed E-state index contributed by atoms with van der Waals surface area (Å²) in [5.74, 6) is -0.364. The molecule has 1 aliphatic rings. The van der Waals surface area contributed by atoms with Crippen molar-refractivity contribution < 1.29 is 9.59 Å². The number of primary amides is 1. The van der Waals surface area contributed by atoms with Crippen LogP contribution in [0.3, 0.4) is 0 Å². The van der Waals surface area contributed by atoms with Gasteiger partial charge in [-0.1, -0.05) is 12.1 Å². The van der Waals surface area contributed by atoms with Crippen LogP contribution in [0.4, 0.5) is 5.69 Å². The molecule has 5 heteroatoms. The fraction of sp³-hybridized carbons (Fsp3) is 0.385. The quantitative estimate of drug-likeness (QED) is 0.720. The van der Waals surface area contributed by atoms with Gasteiger partial charge in [-0.05, 0) is 37.1 Å². The molecule has 1 saturated heterocycles. The zero-order chi connectivity index (χ0) is 13.0. The van der Waals surface area contributed by atoms with Crippen molar-refractivity contribution in [2.75, 3.05) is 11.9 Å². The second kappa shape index (κ2) is 5.64. The standard InChI is InChI=1S/C13H17N3O2/c14-12(17)8-9-3-5-10(6-4-9)16-13(18)11-2-1-7-15-11/h3-6,11,15H,1-2,7-8H2,(H2,14,17)(H,16,18)/t11-/m1/s1. The Hall–Kier alpha value is -1.88. The lowest BCUT2D eigenvalue weighted by atomic mass is 10.1. The zero-order valence-electron chi connectivity index (χ0n) is 10.1. The van der Waals surface area contributed by atoms with Crippen molar-refractivity contribution in [1.82, 2.24) is 5.32 Å². The fourth-order valence-corrected chi connectivity index (χ4v) is 2.04. The number of amides is 2. The number of carbonyl (C=O) groups excluding carboxylic acids is 2. The molecule has 0 saturated carbocycles. The van der Waals surface area contributed by atoms with Crippen molar-refractivity contribution in [3.63, 3.8) is 0 Å². The lowest BCUT2D eigenvalue weighted by Gasteiger charge is -2.11. The number of hydrogen-bond acceptors (Lipinski definition) is 3. The van der Waals surface area contributed by atoms with Gasteiger partial charge in [-0.25, -0.2) is 0 Å². The molecular weight excluding hydrogens is 230 g/mol. The summed E-state index contributed by atoms with van der Waals surface area (Å²) in [5.41, 5.74) is 6.69. The Labute approximate surface area is 106 Å². The van der Waals surface area contributed by atoms with Crippen LogP contribution in [0, 0.1) is 0 Å². The van der Waals surface area contributed by atoms with Crippen molar-refractivity contribution >= 4 is 17.5 Å². The minimum absolute atomic E-state index is 0.00449. The number of nitrogens with one attached hydrogen (secondary N) is 2. The Morgan fingerprint density at radius 2 is 2.06 bits per heavy atom. The normalized spacial score (nSPS) is 18.6. The third-order valence-corrected chi connectivity index (χ3v) is 2.98. The molecule has 0 spiro atoms. The Bertz CT molecular complexity index is 436. The van der Waals surface area contributed by atoms with E-state index in [4.69, 9.17) is 5.73 Å². The van der Waals surface area contributed by atoms with Gasteiger partial charge in [0.2, 0.25) is 11.8 Å². The van der Waals surface area contributed by atoms with Crippen molar-refractivity contribution in [3.05, 3.63) is 29.8 Å². The average Bonchev–Trinajstić information content (AvgIpc) is 2.84. The van der Waals surface area contributed by atoms with Gasteiger partial charge in [-0.3, -0.25) is 9.59 Å². The fourth-order valence-electron chi connectivity index (χ4n) is 2.04. The summed E-state index contributed by atoms with van der Waals surface area (Å²) in [6, 6.07) is 7.07. The molecule has 0 bridgehead atoms. The van der Waals surface area contributed by atoms with E-state index in [2.05, 4.69) is 10.6 Å². The highest BCUT2D eigenvalue weighted by Crippen LogP contribution is 2.12. The summed E-state index contributed by atoms with van der Waals surface area (Å²) < 4.78 is 0. The van der Waals surface area contributed by atoms with Crippen LogP contribution < -0.4 is 16.4 Å². The molecular formula is C13H17N3O2. The van der Waals surface area contributed by atoms with Crippen LogP contribution in [0.15, 0.2) is 24.3 Å². The van der Waals surface area contributed by atoms with E-state index in [0.29, 0.717) is 0 Å². The Morgan fingerprint density at radius 3 is 2.61 bits per heavy atom. The molecule has 2 amide bonds. The first kappa shape index (κ1) is 12.6. The molecule has 2 rings (SSSR count). The molecule has 1 atom stereocenters. The first-order valence-electron chi connectivity index (χ1n) is 6.06. The molecule has 0 aliphatic carbocycles. The maximum Gasteiger partial charge on any atom is 0.241 e. The lowest BCUT2D eigenvalue weighted by Crippen LogP contribution is -2.35. The number of rotatable bonds is 4. The van der Waals surface area contributed by atoms with Crippen LogP contribution in [0.25, 0.3) is 0 Å². The van der Waals surface area contributed by atoms with Crippen LogP contribution >= 0.6 is 0 Å². The molecule has 0 radical (unpaired) electrons. The van der Waals surface area contributed by atoms with Crippen molar-refractivity contribution in [2.24, 2.45) is 5.73 Å². The molecule has 1 fully saturated rings. The van der Waals surface area contributed by atoms with Gasteiger partial charge in [0.05, 0.1) is 12.5 Å². The molecule has 18 heavy (non-hydrogen) atoms. The minimum Gasteiger partial charge on any atom is -0.369 e. The third-order valence-electron chi connectivity index (χ3n) is 2.98. The van der Waals surface area contributed by atoms with E-state index < -0.39 is 0 Å². The number of anilines is 1. The maximum atomic E-state index is 11.8. The van der Waals surface area contributed by atoms with Gasteiger partial charge in [0, 0.05) is 5.69 Å². The molecule has 1 heterocycles. The van der Waals surface area contributed by atoms with Gasteiger partial charge in [0.1, 0.15) is 0 Å². The Balaban J connectivity index is 1.93. The van der Waals surface area contributed by atoms with Crippen LogP contribution in [0.5, 0.6) is 0 Å². The summed E-state index contributed by atoms with van der Waals surface area (Å²) >= 11 is 0. The highest BCUT2D eigenvalue weighted by atomic mass is 16.2. The first-order valence-corrected chi connectivity index (χ1v) is 6.06. The van der Waals surface area contributed by atoms with Gasteiger partial charge >= 0.3 is 0 Å². The lowest BCUT2D eigenvalue weighted by molar-refractivity contribution is -0.118. The number of hydrogen-bond donors (Lipinski definition) is 3. The highest BCUT2D eigenvalue weighted by molar-refractivity contribution is 5.95. The van der Waals surface area contributed by atoms with Gasteiger partial charge in [0.15, 0.2) is 0 Å². The van der Waals surface area contributed by atoms with Crippen molar-refractivity contribution in [2.45, 2.75) is 25.3 Å². The molecule has 5 nitrogen and oxygen atoms in total. The monoisotopic (exact) mass is 247 g/mol. The van der Waals surface area contributed by atoms with Crippen molar-refractivity contribution in [3.8, 4) is 0 Å². The van der Waals surface area contributed by atoms with Crippen LogP contribution in [-0.4, -0.2) is 24.4 Å². The minimum atomic E-state index is -0.359. The van der Waals surface area contributed by atoms with E-state index in [-0.39, 0.29) is 24.3 Å². The summed E-state index contributed by atoms with van der Waals surface area (Å²) in [6.07, 6.45) is 2.14. The summed E-state index contributed by atoms with van der Waals surface area (Å²) in [4.78, 5) is 22.6. The molecule has 0 aromatic heterocycles. The van der Waals surface area contributed by atoms with Gasteiger partial charge in [-0.2, -0.15) is 0 Å². The van der Waals surface area contributed by atoms with E-state index in [0.717, 1.165) is 30.6 Å². The predicted octanol–water partition coefficient (Wildman–Crippen LogP) is 0.405. The molecule has 1 aromatic carbocycles. The zero-order valence-corrected chi connectivity index (χ0v) is 10.1. The Morgan fingerprint density at radius 1 is 1.33 bits per heavy atom. The molecule has 4 N–H and O–H groups in total. The van der Waals surface area contributed by atoms with Crippen LogP contribution in [-0.2, 0) is 16.0 Å². The van der Waals surface area contributed by atoms with E-state index in [1.807, 2.05) is 0 Å². The van der Waals surface area contributed by atoms with E-state index >= 15 is 0 Å². The molecule has 1 aromatic rings. The Kier molecular flexibility index (Phi) is 3.94. The molecule has 1 aliphatic heterocycles. The predicted molar refractivity (Wildman–Crippen MR) is 69.0 cm³/mol.